The smallest absolute Gasteiger partial charge is 0.380 e. The summed E-state index contributed by atoms with van der Waals surface area (Å²) in [5.74, 6) is -0.901. The third-order valence-electron chi connectivity index (χ3n) is 1.68. The van der Waals surface area contributed by atoms with Crippen LogP contribution in [0.2, 0.25) is 0 Å². The van der Waals surface area contributed by atoms with Crippen molar-refractivity contribution in [1.82, 2.24) is 0 Å². The monoisotopic (exact) mass is 238 g/mol. The van der Waals surface area contributed by atoms with Crippen LogP contribution < -0.4 is 0 Å². The summed E-state index contributed by atoms with van der Waals surface area (Å²) in [6.45, 7) is 3.96. The fraction of sp³-hybridized carbons (Fsp3) is 0.455. The second-order valence-electron chi connectivity index (χ2n) is 2.74. The summed E-state index contributed by atoms with van der Waals surface area (Å²) in [6.07, 6.45) is -4.51. The Hall–Kier alpha value is -1.10. The quantitative estimate of drug-likeness (QED) is 0.707. The number of methoxy groups -OCH3 is 1. The van der Waals surface area contributed by atoms with Crippen molar-refractivity contribution in [2.45, 2.75) is 26.6 Å². The topological polar surface area (TPSA) is 9.23 Å². The van der Waals surface area contributed by atoms with E-state index >= 15 is 0 Å². The highest BCUT2D eigenvalue weighted by Gasteiger charge is 2.31. The Morgan fingerprint density at radius 3 is 2.12 bits per heavy atom. The fourth-order valence-corrected chi connectivity index (χ4v) is 0.996. The molecule has 0 aromatic heterocycles. The van der Waals surface area contributed by atoms with E-state index in [0.29, 0.717) is 6.07 Å². The summed E-state index contributed by atoms with van der Waals surface area (Å²) in [4.78, 5) is 0. The normalized spacial score (nSPS) is 10.7. The Labute approximate surface area is 92.0 Å². The Kier molecular flexibility index (Phi) is 6.03. The molecule has 0 N–H and O–H groups in total. The van der Waals surface area contributed by atoms with Gasteiger partial charge < -0.3 is 4.74 Å². The first-order chi connectivity index (χ1) is 7.45. The second kappa shape index (κ2) is 6.48. The van der Waals surface area contributed by atoms with Crippen molar-refractivity contribution >= 4 is 0 Å². The highest BCUT2D eigenvalue weighted by Crippen LogP contribution is 2.30. The Bertz CT molecular complexity index is 320. The van der Waals surface area contributed by atoms with E-state index in [0.717, 1.165) is 12.1 Å². The maximum atomic E-state index is 13.0. The van der Waals surface area contributed by atoms with Gasteiger partial charge in [-0.05, 0) is 12.1 Å². The maximum Gasteiger partial charge on any atom is 0.416 e. The molecule has 5 heteroatoms. The van der Waals surface area contributed by atoms with Gasteiger partial charge in [-0.25, -0.2) is 4.39 Å². The lowest BCUT2D eigenvalue weighted by atomic mass is 10.1. The number of rotatable bonds is 2. The van der Waals surface area contributed by atoms with Gasteiger partial charge in [0.1, 0.15) is 5.82 Å². The van der Waals surface area contributed by atoms with Gasteiger partial charge in [-0.3, -0.25) is 0 Å². The van der Waals surface area contributed by atoms with E-state index in [1.54, 1.807) is 0 Å². The highest BCUT2D eigenvalue weighted by atomic mass is 19.4. The molecule has 0 aliphatic rings. The zero-order valence-electron chi connectivity index (χ0n) is 9.36. The van der Waals surface area contributed by atoms with Crippen molar-refractivity contribution in [1.29, 1.82) is 0 Å². The van der Waals surface area contributed by atoms with Gasteiger partial charge in [0.25, 0.3) is 0 Å². The largest absolute Gasteiger partial charge is 0.416 e. The average molecular weight is 238 g/mol. The molecule has 0 saturated heterocycles. The summed E-state index contributed by atoms with van der Waals surface area (Å²) in [5, 5.41) is 0. The Balaban J connectivity index is 0.00000106. The van der Waals surface area contributed by atoms with Gasteiger partial charge in [0, 0.05) is 12.7 Å². The van der Waals surface area contributed by atoms with Gasteiger partial charge in [-0.2, -0.15) is 13.2 Å². The van der Waals surface area contributed by atoms with Crippen LogP contribution in [0.4, 0.5) is 17.6 Å². The summed E-state index contributed by atoms with van der Waals surface area (Å²) >= 11 is 0. The van der Waals surface area contributed by atoms with Crippen LogP contribution in [-0.2, 0) is 17.5 Å². The molecule has 1 aromatic rings. The molecule has 1 rings (SSSR count). The maximum absolute atomic E-state index is 13.0. The van der Waals surface area contributed by atoms with Crippen molar-refractivity contribution in [3.05, 3.63) is 35.1 Å². The summed E-state index contributed by atoms with van der Waals surface area (Å²) in [5.41, 5.74) is -0.879. The van der Waals surface area contributed by atoms with Crippen LogP contribution in [0.3, 0.4) is 0 Å². The van der Waals surface area contributed by atoms with Gasteiger partial charge >= 0.3 is 6.18 Å². The molecule has 92 valence electrons. The molecule has 0 saturated carbocycles. The summed E-state index contributed by atoms with van der Waals surface area (Å²) < 4.78 is 53.9. The summed E-state index contributed by atoms with van der Waals surface area (Å²) in [6, 6.07) is 2.37. The zero-order valence-corrected chi connectivity index (χ0v) is 9.36. The average Bonchev–Trinajstić information content (AvgIpc) is 2.23. The molecule has 0 aliphatic carbocycles. The number of halogens is 4. The van der Waals surface area contributed by atoms with Crippen LogP contribution in [0.1, 0.15) is 25.0 Å². The molecule has 0 fully saturated rings. The Morgan fingerprint density at radius 2 is 1.75 bits per heavy atom. The van der Waals surface area contributed by atoms with Gasteiger partial charge in [0.05, 0.1) is 12.2 Å². The van der Waals surface area contributed by atoms with Crippen LogP contribution in [0.5, 0.6) is 0 Å². The minimum Gasteiger partial charge on any atom is -0.380 e. The van der Waals surface area contributed by atoms with Gasteiger partial charge in [0.15, 0.2) is 0 Å². The van der Waals surface area contributed by atoms with Crippen molar-refractivity contribution in [2.24, 2.45) is 0 Å². The van der Waals surface area contributed by atoms with Gasteiger partial charge in [0.2, 0.25) is 0 Å². The van der Waals surface area contributed by atoms with E-state index in [1.165, 1.54) is 7.11 Å². The SMILES string of the molecule is CC.COCc1ccc(C(F)(F)F)cc1F. The van der Waals surface area contributed by atoms with Gasteiger partial charge in [-0.15, -0.1) is 0 Å². The predicted octanol–water partition coefficient (Wildman–Crippen LogP) is 4.02. The first kappa shape index (κ1) is 14.9. The fourth-order valence-electron chi connectivity index (χ4n) is 0.996. The number of benzene rings is 1. The third-order valence-corrected chi connectivity index (χ3v) is 1.68. The molecule has 0 radical (unpaired) electrons. The van der Waals surface area contributed by atoms with E-state index in [-0.39, 0.29) is 12.2 Å². The van der Waals surface area contributed by atoms with Crippen LogP contribution in [0, 0.1) is 5.82 Å². The molecule has 0 spiro atoms. The summed E-state index contributed by atoms with van der Waals surface area (Å²) in [7, 11) is 1.34. The highest BCUT2D eigenvalue weighted by molar-refractivity contribution is 5.25. The molecule has 0 atom stereocenters. The van der Waals surface area contributed by atoms with E-state index in [4.69, 9.17) is 0 Å². The molecule has 1 nitrogen and oxygen atoms in total. The van der Waals surface area contributed by atoms with Crippen molar-refractivity contribution in [3.8, 4) is 0 Å². The van der Waals surface area contributed by atoms with Crippen LogP contribution in [0.15, 0.2) is 18.2 Å². The molecular formula is C11H14F4O. The third kappa shape index (κ3) is 4.18. The van der Waals surface area contributed by atoms with Crippen molar-refractivity contribution < 1.29 is 22.3 Å². The molecule has 0 heterocycles. The second-order valence-corrected chi connectivity index (χ2v) is 2.74. The minimum absolute atomic E-state index is 0.0377. The molecule has 0 bridgehead atoms. The molecule has 0 amide bonds. The first-order valence-electron chi connectivity index (χ1n) is 4.79. The first-order valence-corrected chi connectivity index (χ1v) is 4.79. The van der Waals surface area contributed by atoms with Crippen LogP contribution >= 0.6 is 0 Å². The van der Waals surface area contributed by atoms with Crippen LogP contribution in [-0.4, -0.2) is 7.11 Å². The predicted molar refractivity (Wildman–Crippen MR) is 53.5 cm³/mol. The molecule has 16 heavy (non-hydrogen) atoms. The van der Waals surface area contributed by atoms with E-state index in [1.807, 2.05) is 13.8 Å². The lowest BCUT2D eigenvalue weighted by Crippen LogP contribution is -2.06. The van der Waals surface area contributed by atoms with Gasteiger partial charge in [-0.1, -0.05) is 19.9 Å². The van der Waals surface area contributed by atoms with Crippen LogP contribution in [0.25, 0.3) is 0 Å². The molecule has 1 aromatic carbocycles. The minimum atomic E-state index is -4.51. The van der Waals surface area contributed by atoms with Crippen molar-refractivity contribution in [3.63, 3.8) is 0 Å². The number of hydrogen-bond donors (Lipinski definition) is 0. The molecular weight excluding hydrogens is 224 g/mol. The van der Waals surface area contributed by atoms with E-state index in [2.05, 4.69) is 4.74 Å². The lowest BCUT2D eigenvalue weighted by molar-refractivity contribution is -0.137. The van der Waals surface area contributed by atoms with Crippen molar-refractivity contribution in [2.75, 3.05) is 7.11 Å². The molecule has 0 unspecified atom stereocenters. The number of hydrogen-bond acceptors (Lipinski definition) is 1. The van der Waals surface area contributed by atoms with E-state index in [9.17, 15) is 17.6 Å². The zero-order chi connectivity index (χ0) is 12.8. The van der Waals surface area contributed by atoms with E-state index < -0.39 is 17.6 Å². The number of ether oxygens (including phenoxy) is 1. The lowest BCUT2D eigenvalue weighted by Gasteiger charge is -2.08. The number of alkyl halides is 3. The Morgan fingerprint density at radius 1 is 1.19 bits per heavy atom. The standard InChI is InChI=1S/C9H8F4O.C2H6/c1-14-5-6-2-3-7(4-8(6)10)9(11,12)13;1-2/h2-4H,5H2,1H3;1-2H3. The molecule has 0 aliphatic heterocycles.